The maximum atomic E-state index is 10.5. The first-order chi connectivity index (χ1) is 5.59. The predicted octanol–water partition coefficient (Wildman–Crippen LogP) is 2.06. The van der Waals surface area contributed by atoms with Gasteiger partial charge in [0.25, 0.3) is 0 Å². The molecule has 1 N–H and O–H groups in total. The van der Waals surface area contributed by atoms with Gasteiger partial charge in [-0.25, -0.2) is 4.98 Å². The van der Waals surface area contributed by atoms with Gasteiger partial charge in [0.1, 0.15) is 0 Å². The van der Waals surface area contributed by atoms with Gasteiger partial charge in [-0.05, 0) is 6.42 Å². The summed E-state index contributed by atoms with van der Waals surface area (Å²) in [6, 6.07) is 0. The summed E-state index contributed by atoms with van der Waals surface area (Å²) in [5.41, 5.74) is 0. The second-order valence-corrected chi connectivity index (χ2v) is 4.22. The molecule has 12 heavy (non-hydrogen) atoms. The van der Waals surface area contributed by atoms with Gasteiger partial charge in [-0.15, -0.1) is 11.3 Å². The summed E-state index contributed by atoms with van der Waals surface area (Å²) in [4.78, 5) is 15.2. The number of carbonyl (C=O) groups is 1. The number of nitrogens with zero attached hydrogens (tertiary/aromatic N) is 1. The van der Waals surface area contributed by atoms with Crippen LogP contribution in [0.5, 0.6) is 0 Å². The highest BCUT2D eigenvalue weighted by Crippen LogP contribution is 2.20. The van der Waals surface area contributed by atoms with Crippen LogP contribution < -0.4 is 0 Å². The van der Waals surface area contributed by atoms with Gasteiger partial charge in [-0.2, -0.15) is 0 Å². The monoisotopic (exact) mass is 205 g/mol. The second kappa shape index (κ2) is 3.87. The molecule has 5 heteroatoms. The third-order valence-corrected chi connectivity index (χ3v) is 2.59. The van der Waals surface area contributed by atoms with Crippen molar-refractivity contribution in [1.29, 1.82) is 0 Å². The summed E-state index contributed by atoms with van der Waals surface area (Å²) in [5.74, 6) is -1.17. The largest absolute Gasteiger partial charge is 0.481 e. The van der Waals surface area contributed by atoms with Crippen molar-refractivity contribution in [3.8, 4) is 0 Å². The van der Waals surface area contributed by atoms with Crippen LogP contribution in [0.15, 0.2) is 6.20 Å². The Bertz CT molecular complexity index is 287. The number of thiazole rings is 1. The smallest absolute Gasteiger partial charge is 0.306 e. The third kappa shape index (κ3) is 2.46. The van der Waals surface area contributed by atoms with Crippen molar-refractivity contribution >= 4 is 28.9 Å². The third-order valence-electron chi connectivity index (χ3n) is 1.45. The minimum atomic E-state index is -0.792. The number of halogens is 1. The Morgan fingerprint density at radius 3 is 3.00 bits per heavy atom. The van der Waals surface area contributed by atoms with Crippen molar-refractivity contribution in [2.24, 2.45) is 5.92 Å². The average Bonchev–Trinajstić information content (AvgIpc) is 2.35. The fraction of sp³-hybridized carbons (Fsp3) is 0.429. The zero-order valence-corrected chi connectivity index (χ0v) is 8.02. The topological polar surface area (TPSA) is 50.2 Å². The molecule has 0 saturated carbocycles. The highest BCUT2D eigenvalue weighted by molar-refractivity contribution is 7.15. The summed E-state index contributed by atoms with van der Waals surface area (Å²) in [7, 11) is 0. The lowest BCUT2D eigenvalue weighted by molar-refractivity contribution is -0.141. The number of aliphatic carboxylic acids is 1. The van der Waals surface area contributed by atoms with E-state index in [0.29, 0.717) is 10.9 Å². The second-order valence-electron chi connectivity index (χ2n) is 2.52. The van der Waals surface area contributed by atoms with E-state index < -0.39 is 5.97 Å². The molecule has 0 aliphatic rings. The molecule has 1 aromatic rings. The molecule has 0 saturated heterocycles. The summed E-state index contributed by atoms with van der Waals surface area (Å²) >= 11 is 6.91. The highest BCUT2D eigenvalue weighted by Gasteiger charge is 2.12. The molecule has 1 unspecified atom stereocenters. The first-order valence-electron chi connectivity index (χ1n) is 3.42. The van der Waals surface area contributed by atoms with Crippen LogP contribution in [0, 0.1) is 5.92 Å². The molecule has 66 valence electrons. The number of hydrogen-bond donors (Lipinski definition) is 1. The van der Waals surface area contributed by atoms with E-state index in [9.17, 15) is 4.79 Å². The predicted molar refractivity (Wildman–Crippen MR) is 47.6 cm³/mol. The van der Waals surface area contributed by atoms with Gasteiger partial charge in [0, 0.05) is 11.1 Å². The van der Waals surface area contributed by atoms with Crippen LogP contribution in [0.3, 0.4) is 0 Å². The fourth-order valence-corrected chi connectivity index (χ4v) is 1.87. The molecule has 0 fully saturated rings. The Hall–Kier alpha value is -0.610. The molecular weight excluding hydrogens is 198 g/mol. The molecule has 0 amide bonds. The van der Waals surface area contributed by atoms with Crippen LogP contribution >= 0.6 is 22.9 Å². The summed E-state index contributed by atoms with van der Waals surface area (Å²) in [5, 5.41) is 8.60. The lowest BCUT2D eigenvalue weighted by Crippen LogP contribution is -2.11. The Labute approximate surface area is 79.0 Å². The molecule has 0 spiro atoms. The van der Waals surface area contributed by atoms with Crippen LogP contribution in [0.25, 0.3) is 0 Å². The van der Waals surface area contributed by atoms with Gasteiger partial charge >= 0.3 is 5.97 Å². The molecule has 0 radical (unpaired) electrons. The van der Waals surface area contributed by atoms with E-state index in [1.807, 2.05) is 0 Å². The van der Waals surface area contributed by atoms with Crippen molar-refractivity contribution in [1.82, 2.24) is 4.98 Å². The van der Waals surface area contributed by atoms with Crippen LogP contribution in [-0.2, 0) is 11.2 Å². The molecule has 0 aromatic carbocycles. The molecule has 3 nitrogen and oxygen atoms in total. The van der Waals surface area contributed by atoms with Gasteiger partial charge in [0.15, 0.2) is 4.47 Å². The van der Waals surface area contributed by atoms with Crippen molar-refractivity contribution < 1.29 is 9.90 Å². The molecule has 0 aliphatic carbocycles. The van der Waals surface area contributed by atoms with E-state index in [1.165, 1.54) is 11.3 Å². The van der Waals surface area contributed by atoms with E-state index in [2.05, 4.69) is 4.98 Å². The maximum absolute atomic E-state index is 10.5. The lowest BCUT2D eigenvalue weighted by atomic mass is 10.1. The summed E-state index contributed by atoms with van der Waals surface area (Å²) in [6.45, 7) is 1.66. The van der Waals surface area contributed by atoms with E-state index in [1.54, 1.807) is 13.1 Å². The Morgan fingerprint density at radius 2 is 2.58 bits per heavy atom. The first-order valence-corrected chi connectivity index (χ1v) is 4.62. The molecular formula is C7H8ClNO2S. The van der Waals surface area contributed by atoms with Gasteiger partial charge in [-0.1, -0.05) is 18.5 Å². The Morgan fingerprint density at radius 1 is 1.92 bits per heavy atom. The van der Waals surface area contributed by atoms with Crippen molar-refractivity contribution in [3.63, 3.8) is 0 Å². The molecule has 1 aromatic heterocycles. The van der Waals surface area contributed by atoms with Crippen molar-refractivity contribution in [3.05, 3.63) is 15.5 Å². The summed E-state index contributed by atoms with van der Waals surface area (Å²) in [6.07, 6.45) is 2.12. The highest BCUT2D eigenvalue weighted by atomic mass is 35.5. The van der Waals surface area contributed by atoms with Crippen molar-refractivity contribution in [2.75, 3.05) is 0 Å². The van der Waals surface area contributed by atoms with E-state index in [-0.39, 0.29) is 5.92 Å². The van der Waals surface area contributed by atoms with Gasteiger partial charge in [-0.3, -0.25) is 4.79 Å². The number of aromatic nitrogens is 1. The van der Waals surface area contributed by atoms with E-state index in [4.69, 9.17) is 16.7 Å². The number of hydrogen-bond acceptors (Lipinski definition) is 3. The number of rotatable bonds is 3. The molecule has 1 heterocycles. The Balaban J connectivity index is 2.58. The zero-order valence-electron chi connectivity index (χ0n) is 6.45. The average molecular weight is 206 g/mol. The van der Waals surface area contributed by atoms with Crippen molar-refractivity contribution in [2.45, 2.75) is 13.3 Å². The quantitative estimate of drug-likeness (QED) is 0.822. The minimum Gasteiger partial charge on any atom is -0.481 e. The molecule has 0 bridgehead atoms. The fourth-order valence-electron chi connectivity index (χ4n) is 0.767. The van der Waals surface area contributed by atoms with Gasteiger partial charge in [0.05, 0.1) is 5.92 Å². The SMILES string of the molecule is CC(Cc1cnc(Cl)s1)C(=O)O. The lowest BCUT2D eigenvalue weighted by Gasteiger charge is -2.01. The van der Waals surface area contributed by atoms with Crippen LogP contribution in [0.1, 0.15) is 11.8 Å². The van der Waals surface area contributed by atoms with Gasteiger partial charge < -0.3 is 5.11 Å². The number of carboxylic acid groups (broad SMARTS) is 1. The standard InChI is InChI=1S/C7H8ClNO2S/c1-4(6(10)11)2-5-3-9-7(8)12-5/h3-4H,2H2,1H3,(H,10,11). The van der Waals surface area contributed by atoms with E-state index in [0.717, 1.165) is 4.88 Å². The normalized spacial score (nSPS) is 12.8. The maximum Gasteiger partial charge on any atom is 0.306 e. The molecule has 0 aliphatic heterocycles. The first kappa shape index (κ1) is 9.48. The summed E-state index contributed by atoms with van der Waals surface area (Å²) < 4.78 is 0.461. The van der Waals surface area contributed by atoms with Crippen LogP contribution in [0.2, 0.25) is 4.47 Å². The number of carboxylic acids is 1. The Kier molecular flexibility index (Phi) is 3.05. The molecule has 1 rings (SSSR count). The molecule has 1 atom stereocenters. The van der Waals surface area contributed by atoms with Crippen LogP contribution in [0.4, 0.5) is 0 Å². The van der Waals surface area contributed by atoms with Crippen LogP contribution in [-0.4, -0.2) is 16.1 Å². The van der Waals surface area contributed by atoms with Gasteiger partial charge in [0.2, 0.25) is 0 Å². The zero-order chi connectivity index (χ0) is 9.14. The minimum absolute atomic E-state index is 0.374. The van der Waals surface area contributed by atoms with E-state index >= 15 is 0 Å².